The molecule has 0 radical (unpaired) electrons. The largest absolute Gasteiger partial charge is 0.478 e. The van der Waals surface area contributed by atoms with Crippen LogP contribution >= 0.6 is 0 Å². The quantitative estimate of drug-likeness (QED) is 0.893. The molecule has 1 N–H and O–H groups in total. The van der Waals surface area contributed by atoms with Crippen LogP contribution in [0.15, 0.2) is 18.3 Å². The van der Waals surface area contributed by atoms with Gasteiger partial charge in [0.25, 0.3) is 0 Å². The van der Waals surface area contributed by atoms with Gasteiger partial charge >= 0.3 is 12.1 Å². The Kier molecular flexibility index (Phi) is 3.30. The lowest BCUT2D eigenvalue weighted by atomic mass is 10.1. The highest BCUT2D eigenvalue weighted by Crippen LogP contribution is 2.29. The van der Waals surface area contributed by atoms with Crippen molar-refractivity contribution in [3.63, 3.8) is 0 Å². The fourth-order valence-corrected chi connectivity index (χ4v) is 0.913. The van der Waals surface area contributed by atoms with Crippen molar-refractivity contribution in [2.24, 2.45) is 0 Å². The van der Waals surface area contributed by atoms with E-state index >= 15 is 0 Å². The zero-order chi connectivity index (χ0) is 13.3. The Morgan fingerprint density at radius 3 is 2.29 bits per heavy atom. The smallest absolute Gasteiger partial charge is 0.417 e. The van der Waals surface area contributed by atoms with E-state index < -0.39 is 23.3 Å². The van der Waals surface area contributed by atoms with Gasteiger partial charge in [-0.3, -0.25) is 0 Å². The number of hydrogen-bond acceptors (Lipinski definition) is 3. The minimum atomic E-state index is -4.48. The minimum Gasteiger partial charge on any atom is -0.478 e. The van der Waals surface area contributed by atoms with Crippen LogP contribution in [0.25, 0.3) is 0 Å². The predicted octanol–water partition coefficient (Wildman–Crippen LogP) is 2.34. The fourth-order valence-electron chi connectivity index (χ4n) is 0.913. The molecule has 1 aromatic rings. The topological polar surface area (TPSA) is 59.4 Å². The summed E-state index contributed by atoms with van der Waals surface area (Å²) in [5.74, 6) is -1.41. The summed E-state index contributed by atoms with van der Waals surface area (Å²) in [5, 5.41) is 8.75. The number of carboxylic acids is 1. The molecule has 0 saturated heterocycles. The predicted molar refractivity (Wildman–Crippen MR) is 51.6 cm³/mol. The molecule has 0 bridgehead atoms. The van der Waals surface area contributed by atoms with E-state index in [9.17, 15) is 18.0 Å². The van der Waals surface area contributed by atoms with Crippen LogP contribution in [0.2, 0.25) is 0 Å². The lowest BCUT2D eigenvalue weighted by molar-refractivity contribution is -0.152. The molecule has 0 atom stereocenters. The van der Waals surface area contributed by atoms with E-state index in [1.54, 1.807) is 0 Å². The van der Waals surface area contributed by atoms with Gasteiger partial charge in [-0.2, -0.15) is 13.2 Å². The zero-order valence-corrected chi connectivity index (χ0v) is 9.08. The molecule has 94 valence electrons. The standard InChI is InChI=1S/C10H10F3NO3/c1-9(2,8(15)16)17-7-4-3-6(5-14-7)10(11,12)13/h3-5H,1-2H3,(H,15,16). The van der Waals surface area contributed by atoms with Gasteiger partial charge in [0, 0.05) is 12.3 Å². The van der Waals surface area contributed by atoms with E-state index in [2.05, 4.69) is 4.98 Å². The molecule has 4 nitrogen and oxygen atoms in total. The van der Waals surface area contributed by atoms with Crippen LogP contribution in [0.3, 0.4) is 0 Å². The van der Waals surface area contributed by atoms with Crippen molar-refractivity contribution in [1.82, 2.24) is 4.98 Å². The van der Waals surface area contributed by atoms with Crippen LogP contribution in [0.5, 0.6) is 5.88 Å². The Hall–Kier alpha value is -1.79. The maximum atomic E-state index is 12.2. The molecule has 1 heterocycles. The minimum absolute atomic E-state index is 0.176. The van der Waals surface area contributed by atoms with Crippen LogP contribution in [-0.4, -0.2) is 21.7 Å². The van der Waals surface area contributed by atoms with Gasteiger partial charge in [0.1, 0.15) is 0 Å². The third-order valence-corrected chi connectivity index (χ3v) is 1.94. The number of hydrogen-bond donors (Lipinski definition) is 1. The fraction of sp³-hybridized carbons (Fsp3) is 0.400. The summed E-state index contributed by atoms with van der Waals surface area (Å²) in [6.07, 6.45) is -3.89. The third kappa shape index (κ3) is 3.33. The zero-order valence-electron chi connectivity index (χ0n) is 9.08. The maximum Gasteiger partial charge on any atom is 0.417 e. The Labute approximate surface area is 95.0 Å². The summed E-state index contributed by atoms with van der Waals surface area (Å²) in [6, 6.07) is 1.76. The Morgan fingerprint density at radius 2 is 1.94 bits per heavy atom. The molecule has 1 rings (SSSR count). The number of aliphatic carboxylic acids is 1. The van der Waals surface area contributed by atoms with E-state index in [0.29, 0.717) is 6.20 Å². The molecule has 17 heavy (non-hydrogen) atoms. The second-order valence-electron chi connectivity index (χ2n) is 3.80. The van der Waals surface area contributed by atoms with E-state index in [1.165, 1.54) is 13.8 Å². The first-order chi connectivity index (χ1) is 7.63. The van der Waals surface area contributed by atoms with Crippen LogP contribution in [0.4, 0.5) is 13.2 Å². The number of rotatable bonds is 3. The van der Waals surface area contributed by atoms with Crippen molar-refractivity contribution >= 4 is 5.97 Å². The highest BCUT2D eigenvalue weighted by Gasteiger charge is 2.32. The molecule has 0 unspecified atom stereocenters. The number of halogens is 3. The maximum absolute atomic E-state index is 12.2. The lowest BCUT2D eigenvalue weighted by Gasteiger charge is -2.20. The molecule has 0 amide bonds. The molecule has 1 aromatic heterocycles. The number of carbonyl (C=O) groups is 1. The van der Waals surface area contributed by atoms with Crippen molar-refractivity contribution < 1.29 is 27.8 Å². The van der Waals surface area contributed by atoms with Gasteiger partial charge in [0.15, 0.2) is 0 Å². The van der Waals surface area contributed by atoms with E-state index in [4.69, 9.17) is 9.84 Å². The van der Waals surface area contributed by atoms with Crippen molar-refractivity contribution in [3.05, 3.63) is 23.9 Å². The van der Waals surface area contributed by atoms with Gasteiger partial charge in [0.05, 0.1) is 5.56 Å². The molecule has 0 aliphatic carbocycles. The number of carboxylic acid groups (broad SMARTS) is 1. The van der Waals surface area contributed by atoms with Gasteiger partial charge in [-0.1, -0.05) is 0 Å². The first-order valence-electron chi connectivity index (χ1n) is 4.58. The highest BCUT2D eigenvalue weighted by atomic mass is 19.4. The highest BCUT2D eigenvalue weighted by molar-refractivity contribution is 5.76. The Balaban J connectivity index is 2.86. The van der Waals surface area contributed by atoms with Gasteiger partial charge in [-0.25, -0.2) is 9.78 Å². The van der Waals surface area contributed by atoms with Crippen molar-refractivity contribution in [2.45, 2.75) is 25.6 Å². The lowest BCUT2D eigenvalue weighted by Crippen LogP contribution is -2.38. The van der Waals surface area contributed by atoms with Crippen molar-refractivity contribution in [3.8, 4) is 5.88 Å². The van der Waals surface area contributed by atoms with Crippen LogP contribution in [0.1, 0.15) is 19.4 Å². The summed E-state index contributed by atoms with van der Waals surface area (Å²) >= 11 is 0. The molecule has 0 aliphatic heterocycles. The summed E-state index contributed by atoms with van der Waals surface area (Å²) in [4.78, 5) is 14.1. The van der Waals surface area contributed by atoms with Crippen LogP contribution in [0, 0.1) is 0 Å². The third-order valence-electron chi connectivity index (χ3n) is 1.94. The molecule has 7 heteroatoms. The molecule has 0 spiro atoms. The average molecular weight is 249 g/mol. The molecule has 0 fully saturated rings. The van der Waals surface area contributed by atoms with Crippen LogP contribution in [-0.2, 0) is 11.0 Å². The summed E-state index contributed by atoms with van der Waals surface area (Å²) < 4.78 is 41.6. The molecular formula is C10H10F3NO3. The molecule has 0 aromatic carbocycles. The summed E-state index contributed by atoms with van der Waals surface area (Å²) in [5.41, 5.74) is -2.47. The van der Waals surface area contributed by atoms with Gasteiger partial charge in [-0.05, 0) is 19.9 Å². The van der Waals surface area contributed by atoms with Crippen LogP contribution < -0.4 is 4.74 Å². The van der Waals surface area contributed by atoms with Crippen molar-refractivity contribution in [2.75, 3.05) is 0 Å². The number of alkyl halides is 3. The van der Waals surface area contributed by atoms with Gasteiger partial charge in [-0.15, -0.1) is 0 Å². The van der Waals surface area contributed by atoms with Gasteiger partial charge < -0.3 is 9.84 Å². The Morgan fingerprint density at radius 1 is 1.35 bits per heavy atom. The number of aromatic nitrogens is 1. The Bertz CT molecular complexity index is 412. The number of pyridine rings is 1. The SMILES string of the molecule is CC(C)(Oc1ccc(C(F)(F)F)cn1)C(=O)O. The normalized spacial score (nSPS) is 12.3. The second kappa shape index (κ2) is 4.23. The van der Waals surface area contributed by atoms with E-state index in [1.807, 2.05) is 0 Å². The van der Waals surface area contributed by atoms with Gasteiger partial charge in [0.2, 0.25) is 11.5 Å². The van der Waals surface area contributed by atoms with E-state index in [-0.39, 0.29) is 5.88 Å². The first-order valence-corrected chi connectivity index (χ1v) is 4.58. The molecule has 0 aliphatic rings. The van der Waals surface area contributed by atoms with Crippen molar-refractivity contribution in [1.29, 1.82) is 0 Å². The monoisotopic (exact) mass is 249 g/mol. The number of nitrogens with zero attached hydrogens (tertiary/aromatic N) is 1. The number of ether oxygens (including phenoxy) is 1. The summed E-state index contributed by atoms with van der Waals surface area (Å²) in [6.45, 7) is 2.55. The summed E-state index contributed by atoms with van der Waals surface area (Å²) in [7, 11) is 0. The van der Waals surface area contributed by atoms with E-state index in [0.717, 1.165) is 12.1 Å². The molecular weight excluding hydrogens is 239 g/mol. The first kappa shape index (κ1) is 13.3. The average Bonchev–Trinajstić information content (AvgIpc) is 2.16. The molecule has 0 saturated carbocycles. The second-order valence-corrected chi connectivity index (χ2v) is 3.80.